The van der Waals surface area contributed by atoms with E-state index in [4.69, 9.17) is 21.8 Å². The first kappa shape index (κ1) is 13.6. The van der Waals surface area contributed by atoms with Crippen molar-refractivity contribution < 1.29 is 23.8 Å². The number of nitrogens with one attached hydrogen (secondary N) is 1. The van der Waals surface area contributed by atoms with Crippen LogP contribution in [0, 0.1) is 0 Å². The number of aliphatic hydroxyl groups excluding tert-OH is 1. The molecule has 0 unspecified atom stereocenters. The summed E-state index contributed by atoms with van der Waals surface area (Å²) in [6, 6.07) is 1.04. The minimum absolute atomic E-state index is 0.0556. The largest absolute Gasteiger partial charge is 0.478 e. The SMILES string of the molecule is O=C(O)c1cc(NCC(F)(F)CO)ncc1Cl. The van der Waals surface area contributed by atoms with Crippen molar-refractivity contribution in [1.29, 1.82) is 0 Å². The molecular weight excluding hydrogens is 258 g/mol. The van der Waals surface area contributed by atoms with Gasteiger partial charge in [0.2, 0.25) is 0 Å². The molecule has 5 nitrogen and oxygen atoms in total. The molecule has 0 saturated carbocycles. The average Bonchev–Trinajstić information content (AvgIpc) is 2.27. The Labute approximate surface area is 100 Å². The molecule has 0 fully saturated rings. The summed E-state index contributed by atoms with van der Waals surface area (Å²) in [5.74, 6) is -4.64. The number of aromatic carboxylic acids is 1. The zero-order valence-electron chi connectivity index (χ0n) is 8.45. The summed E-state index contributed by atoms with van der Waals surface area (Å²) in [7, 11) is 0. The molecule has 0 aromatic carbocycles. The molecule has 3 N–H and O–H groups in total. The van der Waals surface area contributed by atoms with Crippen LogP contribution in [0.15, 0.2) is 12.3 Å². The lowest BCUT2D eigenvalue weighted by atomic mass is 10.2. The van der Waals surface area contributed by atoms with Crippen LogP contribution in [-0.4, -0.2) is 40.2 Å². The maximum absolute atomic E-state index is 12.7. The number of carbonyl (C=O) groups is 1. The van der Waals surface area contributed by atoms with Gasteiger partial charge in [-0.1, -0.05) is 11.6 Å². The third kappa shape index (κ3) is 3.79. The van der Waals surface area contributed by atoms with Crippen molar-refractivity contribution in [3.05, 3.63) is 22.8 Å². The summed E-state index contributed by atoms with van der Waals surface area (Å²) in [6.07, 6.45) is 1.05. The highest BCUT2D eigenvalue weighted by Crippen LogP contribution is 2.19. The van der Waals surface area contributed by atoms with E-state index < -0.39 is 25.0 Å². The smallest absolute Gasteiger partial charge is 0.337 e. The zero-order valence-corrected chi connectivity index (χ0v) is 9.21. The summed E-state index contributed by atoms with van der Waals surface area (Å²) in [6.45, 7) is -2.16. The Kier molecular flexibility index (Phi) is 4.19. The Morgan fingerprint density at radius 1 is 1.59 bits per heavy atom. The van der Waals surface area contributed by atoms with Crippen molar-refractivity contribution in [3.8, 4) is 0 Å². The molecule has 0 bridgehead atoms. The summed E-state index contributed by atoms with van der Waals surface area (Å²) >= 11 is 5.55. The number of aliphatic hydroxyl groups is 1. The highest BCUT2D eigenvalue weighted by molar-refractivity contribution is 6.33. The minimum atomic E-state index is -3.30. The molecule has 94 valence electrons. The molecule has 8 heteroatoms. The van der Waals surface area contributed by atoms with E-state index in [9.17, 15) is 13.6 Å². The molecule has 1 aromatic heterocycles. The zero-order chi connectivity index (χ0) is 13.1. The van der Waals surface area contributed by atoms with Gasteiger partial charge in [-0.05, 0) is 6.07 Å². The van der Waals surface area contributed by atoms with Gasteiger partial charge in [-0.3, -0.25) is 0 Å². The van der Waals surface area contributed by atoms with Crippen LogP contribution >= 0.6 is 11.6 Å². The van der Waals surface area contributed by atoms with Gasteiger partial charge in [-0.25, -0.2) is 18.6 Å². The fourth-order valence-corrected chi connectivity index (χ4v) is 1.16. The predicted molar refractivity (Wildman–Crippen MR) is 56.7 cm³/mol. The van der Waals surface area contributed by atoms with Crippen LogP contribution in [0.2, 0.25) is 5.02 Å². The van der Waals surface area contributed by atoms with E-state index in [1.807, 2.05) is 0 Å². The van der Waals surface area contributed by atoms with Gasteiger partial charge in [0.25, 0.3) is 5.92 Å². The number of anilines is 1. The maximum atomic E-state index is 12.7. The highest BCUT2D eigenvalue weighted by Gasteiger charge is 2.27. The standard InChI is InChI=1S/C9H9ClF2N2O3/c10-6-2-13-7(1-5(6)8(16)17)14-3-9(11,12)4-15/h1-2,15H,3-4H2,(H,13,14)(H,16,17). The first-order valence-electron chi connectivity index (χ1n) is 4.47. The number of aromatic nitrogens is 1. The molecule has 0 aliphatic rings. The third-order valence-corrected chi connectivity index (χ3v) is 2.15. The van der Waals surface area contributed by atoms with Gasteiger partial charge in [-0.15, -0.1) is 0 Å². The van der Waals surface area contributed by atoms with Crippen LogP contribution in [0.25, 0.3) is 0 Å². The van der Waals surface area contributed by atoms with Crippen LogP contribution in [0.3, 0.4) is 0 Å². The number of hydrogen-bond acceptors (Lipinski definition) is 4. The van der Waals surface area contributed by atoms with E-state index in [1.54, 1.807) is 0 Å². The lowest BCUT2D eigenvalue weighted by molar-refractivity contribution is -0.0373. The summed E-state index contributed by atoms with van der Waals surface area (Å²) in [5, 5.41) is 19.2. The Morgan fingerprint density at radius 3 is 2.76 bits per heavy atom. The highest BCUT2D eigenvalue weighted by atomic mass is 35.5. The molecule has 17 heavy (non-hydrogen) atoms. The first-order valence-corrected chi connectivity index (χ1v) is 4.85. The Morgan fingerprint density at radius 2 is 2.24 bits per heavy atom. The second-order valence-corrected chi connectivity index (χ2v) is 3.63. The molecule has 0 aliphatic carbocycles. The average molecular weight is 267 g/mol. The fourth-order valence-electron chi connectivity index (χ4n) is 0.975. The topological polar surface area (TPSA) is 82.5 Å². The van der Waals surface area contributed by atoms with Gasteiger partial charge in [0, 0.05) is 6.20 Å². The molecule has 0 saturated heterocycles. The number of carboxylic acids is 1. The van der Waals surface area contributed by atoms with E-state index in [0.717, 1.165) is 12.3 Å². The summed E-state index contributed by atoms with van der Waals surface area (Å²) in [5.41, 5.74) is -0.239. The third-order valence-electron chi connectivity index (χ3n) is 1.85. The van der Waals surface area contributed by atoms with Crippen LogP contribution in [0.5, 0.6) is 0 Å². The first-order chi connectivity index (χ1) is 7.85. The Bertz CT molecular complexity index is 429. The molecule has 0 amide bonds. The van der Waals surface area contributed by atoms with Gasteiger partial charge in [-0.2, -0.15) is 0 Å². The lowest BCUT2D eigenvalue weighted by Crippen LogP contribution is -2.31. The van der Waals surface area contributed by atoms with Crippen LogP contribution < -0.4 is 5.32 Å². The number of hydrogen-bond donors (Lipinski definition) is 3. The van der Waals surface area contributed by atoms with Gasteiger partial charge in [0.05, 0.1) is 17.1 Å². The molecule has 0 radical (unpaired) electrons. The van der Waals surface area contributed by atoms with Crippen molar-refractivity contribution in [2.45, 2.75) is 5.92 Å². The number of nitrogens with zero attached hydrogens (tertiary/aromatic N) is 1. The van der Waals surface area contributed by atoms with E-state index in [0.29, 0.717) is 0 Å². The molecular formula is C9H9ClF2N2O3. The maximum Gasteiger partial charge on any atom is 0.337 e. The summed E-state index contributed by atoms with van der Waals surface area (Å²) in [4.78, 5) is 14.3. The van der Waals surface area contributed by atoms with Crippen LogP contribution in [0.1, 0.15) is 10.4 Å². The van der Waals surface area contributed by atoms with Crippen LogP contribution in [0.4, 0.5) is 14.6 Å². The van der Waals surface area contributed by atoms with E-state index in [-0.39, 0.29) is 16.4 Å². The molecule has 1 rings (SSSR count). The van der Waals surface area contributed by atoms with Crippen molar-refractivity contribution in [3.63, 3.8) is 0 Å². The minimum Gasteiger partial charge on any atom is -0.478 e. The number of rotatable bonds is 5. The normalized spacial score (nSPS) is 11.3. The molecule has 0 aliphatic heterocycles. The Balaban J connectivity index is 2.80. The van der Waals surface area contributed by atoms with E-state index in [2.05, 4.69) is 10.3 Å². The molecule has 0 atom stereocenters. The van der Waals surface area contributed by atoms with Gasteiger partial charge < -0.3 is 15.5 Å². The number of alkyl halides is 2. The predicted octanol–water partition coefficient (Wildman–Crippen LogP) is 1.47. The second kappa shape index (κ2) is 5.24. The number of carboxylic acid groups (broad SMARTS) is 1. The number of pyridine rings is 1. The lowest BCUT2D eigenvalue weighted by Gasteiger charge is -2.14. The Hall–Kier alpha value is -1.47. The van der Waals surface area contributed by atoms with Crippen molar-refractivity contribution >= 4 is 23.4 Å². The van der Waals surface area contributed by atoms with Gasteiger partial charge >= 0.3 is 5.97 Å². The van der Waals surface area contributed by atoms with Crippen molar-refractivity contribution in [2.75, 3.05) is 18.5 Å². The fraction of sp³-hybridized carbons (Fsp3) is 0.333. The second-order valence-electron chi connectivity index (χ2n) is 3.22. The van der Waals surface area contributed by atoms with E-state index in [1.165, 1.54) is 0 Å². The number of halogens is 3. The van der Waals surface area contributed by atoms with Crippen molar-refractivity contribution in [1.82, 2.24) is 4.98 Å². The van der Waals surface area contributed by atoms with E-state index >= 15 is 0 Å². The van der Waals surface area contributed by atoms with Gasteiger partial charge in [0.1, 0.15) is 12.4 Å². The molecule has 0 spiro atoms. The monoisotopic (exact) mass is 266 g/mol. The summed E-state index contributed by atoms with van der Waals surface area (Å²) < 4.78 is 25.4. The van der Waals surface area contributed by atoms with Crippen LogP contribution in [-0.2, 0) is 0 Å². The molecule has 1 heterocycles. The van der Waals surface area contributed by atoms with Gasteiger partial charge in [0.15, 0.2) is 0 Å². The van der Waals surface area contributed by atoms with Crippen molar-refractivity contribution in [2.24, 2.45) is 0 Å². The molecule has 1 aromatic rings. The quantitative estimate of drug-likeness (QED) is 0.752.